The summed E-state index contributed by atoms with van der Waals surface area (Å²) in [6, 6.07) is 71.7. The van der Waals surface area contributed by atoms with E-state index < -0.39 is 0 Å². The van der Waals surface area contributed by atoms with Crippen LogP contribution in [0.3, 0.4) is 0 Å². The number of rotatable bonds is 3. The summed E-state index contributed by atoms with van der Waals surface area (Å²) in [7, 11) is 0. The molecule has 0 bridgehead atoms. The smallest absolute Gasteiger partial charge is 0.136 e. The van der Waals surface area contributed by atoms with E-state index in [1.54, 1.807) is 0 Å². The second-order valence-electron chi connectivity index (χ2n) is 15.6. The molecule has 1 nitrogen and oxygen atoms in total. The quantitative estimate of drug-likeness (QED) is 0.166. The van der Waals surface area contributed by atoms with Crippen LogP contribution < -0.4 is 0 Å². The number of hydrogen-bond donors (Lipinski definition) is 0. The minimum absolute atomic E-state index is 0.923. The van der Waals surface area contributed by atoms with Crippen LogP contribution in [0.5, 0.6) is 0 Å². The first-order chi connectivity index (χ1) is 28.2. The van der Waals surface area contributed by atoms with Gasteiger partial charge in [0.2, 0.25) is 0 Å². The highest BCUT2D eigenvalue weighted by molar-refractivity contribution is 6.35. The first kappa shape index (κ1) is 30.8. The molecular formula is C56H32O. The molecule has 0 aliphatic heterocycles. The zero-order chi connectivity index (χ0) is 37.2. The maximum absolute atomic E-state index is 6.40. The lowest BCUT2D eigenvalue weighted by atomic mass is 9.86. The minimum Gasteiger partial charge on any atom is -0.456 e. The van der Waals surface area contributed by atoms with Crippen molar-refractivity contribution >= 4 is 97.3 Å². The zero-order valence-corrected chi connectivity index (χ0v) is 30.9. The van der Waals surface area contributed by atoms with Gasteiger partial charge in [0.05, 0.1) is 0 Å². The van der Waals surface area contributed by atoms with Gasteiger partial charge in [0.15, 0.2) is 0 Å². The van der Waals surface area contributed by atoms with Crippen molar-refractivity contribution in [3.05, 3.63) is 194 Å². The van der Waals surface area contributed by atoms with Crippen LogP contribution in [-0.2, 0) is 0 Å². The molecule has 13 aromatic rings. The highest BCUT2D eigenvalue weighted by atomic mass is 16.3. The van der Waals surface area contributed by atoms with Crippen molar-refractivity contribution in [3.8, 4) is 33.4 Å². The molecule has 0 N–H and O–H groups in total. The van der Waals surface area contributed by atoms with Crippen LogP contribution in [0.25, 0.3) is 131 Å². The fraction of sp³-hybridized carbons (Fsp3) is 0. The van der Waals surface area contributed by atoms with Crippen LogP contribution in [0.15, 0.2) is 199 Å². The van der Waals surface area contributed by atoms with E-state index in [2.05, 4.69) is 194 Å². The summed E-state index contributed by atoms with van der Waals surface area (Å²) >= 11 is 0. The van der Waals surface area contributed by atoms with Crippen LogP contribution in [0.4, 0.5) is 0 Å². The first-order valence-corrected chi connectivity index (χ1v) is 19.7. The number of furan rings is 1. The number of fused-ring (bicyclic) bond motifs is 11. The molecule has 0 unspecified atom stereocenters. The molecule has 0 fully saturated rings. The van der Waals surface area contributed by atoms with Gasteiger partial charge in [-0.15, -0.1) is 0 Å². The van der Waals surface area contributed by atoms with Crippen LogP contribution in [-0.4, -0.2) is 0 Å². The van der Waals surface area contributed by atoms with Gasteiger partial charge in [-0.25, -0.2) is 0 Å². The number of benzene rings is 12. The third-order valence-electron chi connectivity index (χ3n) is 12.6. The number of hydrogen-bond acceptors (Lipinski definition) is 1. The molecule has 0 spiro atoms. The molecule has 0 saturated carbocycles. The van der Waals surface area contributed by atoms with Crippen LogP contribution in [0, 0.1) is 0 Å². The van der Waals surface area contributed by atoms with Crippen molar-refractivity contribution in [3.63, 3.8) is 0 Å². The average molecular weight is 721 g/mol. The van der Waals surface area contributed by atoms with E-state index in [4.69, 9.17) is 4.42 Å². The summed E-state index contributed by atoms with van der Waals surface area (Å²) in [5.41, 5.74) is 9.26. The highest BCUT2D eigenvalue weighted by Gasteiger charge is 2.19. The first-order valence-electron chi connectivity index (χ1n) is 19.7. The largest absolute Gasteiger partial charge is 0.456 e. The molecule has 0 aliphatic carbocycles. The van der Waals surface area contributed by atoms with Crippen molar-refractivity contribution in [1.29, 1.82) is 0 Å². The van der Waals surface area contributed by atoms with Crippen molar-refractivity contribution < 1.29 is 4.42 Å². The molecule has 1 heteroatoms. The Bertz CT molecular complexity index is 3810. The second kappa shape index (κ2) is 11.5. The normalized spacial score (nSPS) is 12.2. The second-order valence-corrected chi connectivity index (χ2v) is 15.6. The zero-order valence-electron chi connectivity index (χ0n) is 30.9. The van der Waals surface area contributed by atoms with Crippen molar-refractivity contribution in [1.82, 2.24) is 0 Å². The summed E-state index contributed by atoms with van der Waals surface area (Å²) in [5, 5.41) is 20.2. The Kier molecular flexibility index (Phi) is 6.23. The molecule has 1 heterocycles. The van der Waals surface area contributed by atoms with Crippen molar-refractivity contribution in [2.75, 3.05) is 0 Å². The lowest BCUT2D eigenvalue weighted by Crippen LogP contribution is -1.90. The topological polar surface area (TPSA) is 13.1 Å². The lowest BCUT2D eigenvalue weighted by molar-refractivity contribution is 0.669. The van der Waals surface area contributed by atoms with E-state index >= 15 is 0 Å². The van der Waals surface area contributed by atoms with Gasteiger partial charge >= 0.3 is 0 Å². The Hall–Kier alpha value is -7.48. The monoisotopic (exact) mass is 720 g/mol. The molecule has 0 aliphatic rings. The van der Waals surface area contributed by atoms with Crippen LogP contribution in [0.2, 0.25) is 0 Å². The summed E-state index contributed by atoms with van der Waals surface area (Å²) in [6.45, 7) is 0. The molecule has 12 aromatic carbocycles. The predicted molar refractivity (Wildman–Crippen MR) is 244 cm³/mol. The van der Waals surface area contributed by atoms with Crippen molar-refractivity contribution in [2.45, 2.75) is 0 Å². The third kappa shape index (κ3) is 4.40. The SMILES string of the molecule is c1cc(-c2ccc3ccccc3c2)cc(-c2ccc3ccc4c(-c5ccc6c(c5)c5ccccc5c5ccc7oc8ccccc8c7c56)ccc5ccc2c3c54)c1. The van der Waals surface area contributed by atoms with E-state index in [1.165, 1.54) is 114 Å². The Morgan fingerprint density at radius 2 is 0.772 bits per heavy atom. The van der Waals surface area contributed by atoms with Gasteiger partial charge in [-0.2, -0.15) is 0 Å². The standard InChI is InChI=1S/C56H32O/c1-2-9-36-30-38(17-16-33(36)8-1)37-10-7-11-39(31-37)41-23-18-34-21-26-46-42(24-19-35-20-25-45(41)53(34)54(35)46)40-22-27-48-50(32-40)44-13-4-3-12-43(44)47-28-29-52-56(55(47)48)49-14-5-6-15-51(49)57-52/h1-32H. The van der Waals surface area contributed by atoms with Gasteiger partial charge in [-0.3, -0.25) is 0 Å². The Morgan fingerprint density at radius 1 is 0.228 bits per heavy atom. The van der Waals surface area contributed by atoms with E-state index in [0.717, 1.165) is 16.6 Å². The van der Waals surface area contributed by atoms with E-state index in [1.807, 2.05) is 0 Å². The van der Waals surface area contributed by atoms with Crippen molar-refractivity contribution in [2.24, 2.45) is 0 Å². The molecule has 0 amide bonds. The van der Waals surface area contributed by atoms with E-state index in [9.17, 15) is 0 Å². The molecule has 57 heavy (non-hydrogen) atoms. The molecule has 262 valence electrons. The highest BCUT2D eigenvalue weighted by Crippen LogP contribution is 2.46. The third-order valence-corrected chi connectivity index (χ3v) is 12.6. The Balaban J connectivity index is 1.02. The Morgan fingerprint density at radius 3 is 1.56 bits per heavy atom. The van der Waals surface area contributed by atoms with Gasteiger partial charge in [0.25, 0.3) is 0 Å². The fourth-order valence-electron chi connectivity index (χ4n) is 9.97. The van der Waals surface area contributed by atoms with Gasteiger partial charge in [-0.1, -0.05) is 158 Å². The van der Waals surface area contributed by atoms with Gasteiger partial charge < -0.3 is 4.42 Å². The van der Waals surface area contributed by atoms with Crippen LogP contribution in [0.1, 0.15) is 0 Å². The van der Waals surface area contributed by atoms with Gasteiger partial charge in [0, 0.05) is 16.2 Å². The minimum atomic E-state index is 0.923. The van der Waals surface area contributed by atoms with E-state index in [-0.39, 0.29) is 0 Å². The maximum Gasteiger partial charge on any atom is 0.136 e. The predicted octanol–water partition coefficient (Wildman–Crippen LogP) is 16.1. The summed E-state index contributed by atoms with van der Waals surface area (Å²) in [4.78, 5) is 0. The van der Waals surface area contributed by atoms with Gasteiger partial charge in [0.1, 0.15) is 11.2 Å². The molecular weight excluding hydrogens is 689 g/mol. The van der Waals surface area contributed by atoms with Gasteiger partial charge in [-0.05, 0) is 140 Å². The van der Waals surface area contributed by atoms with Crippen LogP contribution >= 0.6 is 0 Å². The molecule has 0 atom stereocenters. The molecule has 0 radical (unpaired) electrons. The lowest BCUT2D eigenvalue weighted by Gasteiger charge is -2.17. The number of para-hydroxylation sites is 1. The van der Waals surface area contributed by atoms with E-state index in [0.29, 0.717) is 0 Å². The molecule has 1 aromatic heterocycles. The summed E-state index contributed by atoms with van der Waals surface area (Å²) in [6.07, 6.45) is 0. The summed E-state index contributed by atoms with van der Waals surface area (Å²) in [5.74, 6) is 0. The Labute approximate surface area is 328 Å². The maximum atomic E-state index is 6.40. The molecule has 0 saturated heterocycles. The molecule has 13 rings (SSSR count). The summed E-state index contributed by atoms with van der Waals surface area (Å²) < 4.78 is 6.40. The average Bonchev–Trinajstić information content (AvgIpc) is 3.67. The fourth-order valence-corrected chi connectivity index (χ4v) is 9.97.